The lowest BCUT2D eigenvalue weighted by molar-refractivity contribution is -0.124. The zero-order valence-corrected chi connectivity index (χ0v) is 15.7. The van der Waals surface area contributed by atoms with Gasteiger partial charge in [0, 0.05) is 4.88 Å². The number of hydrogen-bond donors (Lipinski definition) is 4. The van der Waals surface area contributed by atoms with Gasteiger partial charge >= 0.3 is 6.03 Å². The predicted octanol–water partition coefficient (Wildman–Crippen LogP) is 1.72. The highest BCUT2D eigenvalue weighted by Crippen LogP contribution is 2.33. The van der Waals surface area contributed by atoms with Crippen LogP contribution < -0.4 is 21.9 Å². The summed E-state index contributed by atoms with van der Waals surface area (Å²) in [5, 5.41) is 2.37. The maximum absolute atomic E-state index is 12.3. The second kappa shape index (κ2) is 8.33. The van der Waals surface area contributed by atoms with Gasteiger partial charge in [0.15, 0.2) is 0 Å². The van der Waals surface area contributed by atoms with Gasteiger partial charge in [-0.25, -0.2) is 4.79 Å². The molecule has 0 saturated heterocycles. The van der Waals surface area contributed by atoms with Gasteiger partial charge in [-0.1, -0.05) is 27.2 Å². The molecular formula is C17H26N4O3S. The molecule has 0 fully saturated rings. The second-order valence-corrected chi connectivity index (χ2v) is 7.89. The lowest BCUT2D eigenvalue weighted by atomic mass is 9.87. The SMILES string of the molecule is CCC1CCc2sc(C(=O)NNC(=O)C(NC(N)=O)C(C)C)cc2C1. The third-order valence-corrected chi connectivity index (χ3v) is 5.77. The fourth-order valence-electron chi connectivity index (χ4n) is 3.01. The molecule has 1 aromatic heterocycles. The van der Waals surface area contributed by atoms with E-state index in [9.17, 15) is 14.4 Å². The molecule has 2 atom stereocenters. The Labute approximate surface area is 151 Å². The van der Waals surface area contributed by atoms with Crippen LogP contribution >= 0.6 is 11.3 Å². The van der Waals surface area contributed by atoms with Gasteiger partial charge in [0.05, 0.1) is 4.88 Å². The molecule has 2 unspecified atom stereocenters. The topological polar surface area (TPSA) is 113 Å². The van der Waals surface area contributed by atoms with Crippen LogP contribution in [0.15, 0.2) is 6.07 Å². The van der Waals surface area contributed by atoms with Crippen molar-refractivity contribution in [3.63, 3.8) is 0 Å². The zero-order valence-electron chi connectivity index (χ0n) is 14.8. The Morgan fingerprint density at radius 2 is 2.04 bits per heavy atom. The first-order valence-corrected chi connectivity index (χ1v) is 9.41. The summed E-state index contributed by atoms with van der Waals surface area (Å²) in [6, 6.07) is 0.335. The molecule has 0 aliphatic heterocycles. The highest BCUT2D eigenvalue weighted by atomic mass is 32.1. The summed E-state index contributed by atoms with van der Waals surface area (Å²) in [6.07, 6.45) is 4.34. The molecule has 7 nitrogen and oxygen atoms in total. The fourth-order valence-corrected chi connectivity index (χ4v) is 4.11. The monoisotopic (exact) mass is 366 g/mol. The lowest BCUT2D eigenvalue weighted by Crippen LogP contribution is -2.55. The number of nitrogens with two attached hydrogens (primary N) is 1. The number of amides is 4. The smallest absolute Gasteiger partial charge is 0.312 e. The Kier molecular flexibility index (Phi) is 6.41. The Hall–Kier alpha value is -2.09. The maximum atomic E-state index is 12.3. The summed E-state index contributed by atoms with van der Waals surface area (Å²) in [6.45, 7) is 5.75. The van der Waals surface area contributed by atoms with Crippen molar-refractivity contribution in [2.24, 2.45) is 17.6 Å². The van der Waals surface area contributed by atoms with Crippen molar-refractivity contribution < 1.29 is 14.4 Å². The number of rotatable bonds is 5. The van der Waals surface area contributed by atoms with Crippen molar-refractivity contribution in [1.29, 1.82) is 0 Å². The summed E-state index contributed by atoms with van der Waals surface area (Å²) in [5.74, 6) is -0.328. The van der Waals surface area contributed by atoms with E-state index < -0.39 is 18.0 Å². The van der Waals surface area contributed by atoms with E-state index in [0.29, 0.717) is 10.8 Å². The first kappa shape index (κ1) is 19.2. The van der Waals surface area contributed by atoms with E-state index in [4.69, 9.17) is 5.73 Å². The largest absolute Gasteiger partial charge is 0.352 e. The molecule has 1 heterocycles. The third kappa shape index (κ3) is 4.94. The predicted molar refractivity (Wildman–Crippen MR) is 97.1 cm³/mol. The van der Waals surface area contributed by atoms with Crippen LogP contribution in [0.2, 0.25) is 0 Å². The van der Waals surface area contributed by atoms with Gasteiger partial charge in [-0.3, -0.25) is 20.4 Å². The lowest BCUT2D eigenvalue weighted by Gasteiger charge is -2.20. The quantitative estimate of drug-likeness (QED) is 0.595. The second-order valence-electron chi connectivity index (χ2n) is 6.75. The minimum atomic E-state index is -0.806. The molecule has 8 heteroatoms. The first-order chi connectivity index (χ1) is 11.8. The van der Waals surface area contributed by atoms with E-state index >= 15 is 0 Å². The molecule has 0 radical (unpaired) electrons. The normalized spacial score (nSPS) is 17.5. The Bertz CT molecular complexity index is 656. The van der Waals surface area contributed by atoms with Crippen LogP contribution in [0.3, 0.4) is 0 Å². The average molecular weight is 366 g/mol. The van der Waals surface area contributed by atoms with E-state index in [-0.39, 0.29) is 11.8 Å². The molecule has 0 bridgehead atoms. The molecule has 1 aliphatic carbocycles. The van der Waals surface area contributed by atoms with E-state index in [0.717, 1.165) is 25.7 Å². The van der Waals surface area contributed by atoms with E-state index in [2.05, 4.69) is 23.1 Å². The average Bonchev–Trinajstić information content (AvgIpc) is 2.99. The van der Waals surface area contributed by atoms with Crippen LogP contribution in [0.25, 0.3) is 0 Å². The number of thiophene rings is 1. The summed E-state index contributed by atoms with van der Waals surface area (Å²) in [4.78, 5) is 37.3. The van der Waals surface area contributed by atoms with Gasteiger partial charge in [-0.05, 0) is 42.7 Å². The minimum absolute atomic E-state index is 0.163. The summed E-state index contributed by atoms with van der Waals surface area (Å²) < 4.78 is 0. The van der Waals surface area contributed by atoms with Gasteiger partial charge in [0.25, 0.3) is 11.8 Å². The van der Waals surface area contributed by atoms with Crippen LogP contribution in [0, 0.1) is 11.8 Å². The van der Waals surface area contributed by atoms with Crippen molar-refractivity contribution in [3.05, 3.63) is 21.4 Å². The van der Waals surface area contributed by atoms with Crippen molar-refractivity contribution in [2.75, 3.05) is 0 Å². The summed E-state index contributed by atoms with van der Waals surface area (Å²) in [5.41, 5.74) is 11.1. The van der Waals surface area contributed by atoms with Crippen molar-refractivity contribution in [2.45, 2.75) is 52.5 Å². The number of carbonyl (C=O) groups is 3. The number of aryl methyl sites for hydroxylation is 1. The number of carbonyl (C=O) groups excluding carboxylic acids is 3. The van der Waals surface area contributed by atoms with Crippen LogP contribution in [0.4, 0.5) is 4.79 Å². The van der Waals surface area contributed by atoms with Crippen molar-refractivity contribution >= 4 is 29.2 Å². The minimum Gasteiger partial charge on any atom is -0.352 e. The van der Waals surface area contributed by atoms with Crippen LogP contribution in [0.1, 0.15) is 53.7 Å². The van der Waals surface area contributed by atoms with Gasteiger partial charge < -0.3 is 11.1 Å². The summed E-state index contributed by atoms with van der Waals surface area (Å²) in [7, 11) is 0. The Balaban J connectivity index is 1.95. The molecular weight excluding hydrogens is 340 g/mol. The van der Waals surface area contributed by atoms with Crippen molar-refractivity contribution in [1.82, 2.24) is 16.2 Å². The van der Waals surface area contributed by atoms with Gasteiger partial charge in [-0.15, -0.1) is 11.3 Å². The molecule has 1 aromatic rings. The number of fused-ring (bicyclic) bond motifs is 1. The maximum Gasteiger partial charge on any atom is 0.312 e. The third-order valence-electron chi connectivity index (χ3n) is 4.53. The summed E-state index contributed by atoms with van der Waals surface area (Å²) >= 11 is 1.48. The van der Waals surface area contributed by atoms with E-state index in [1.807, 2.05) is 6.07 Å². The molecule has 1 aliphatic rings. The van der Waals surface area contributed by atoms with Crippen LogP contribution in [0.5, 0.6) is 0 Å². The van der Waals surface area contributed by atoms with Crippen LogP contribution in [-0.2, 0) is 17.6 Å². The molecule has 0 spiro atoms. The standard InChI is InChI=1S/C17H26N4O3S/c1-4-10-5-6-12-11(7-10)8-13(25-12)15(22)20-21-16(23)14(9(2)3)19-17(18)24/h8-10,14H,4-7H2,1-3H3,(H,20,22)(H,21,23)(H3,18,19,24). The molecule has 0 saturated carbocycles. The van der Waals surface area contributed by atoms with E-state index in [1.54, 1.807) is 13.8 Å². The zero-order chi connectivity index (χ0) is 18.6. The molecule has 2 rings (SSSR count). The number of hydrogen-bond acceptors (Lipinski definition) is 4. The Morgan fingerprint density at radius 3 is 2.64 bits per heavy atom. The first-order valence-electron chi connectivity index (χ1n) is 8.59. The number of urea groups is 1. The molecule has 5 N–H and O–H groups in total. The number of primary amides is 1. The fraction of sp³-hybridized carbons (Fsp3) is 0.588. The number of nitrogens with one attached hydrogen (secondary N) is 3. The van der Waals surface area contributed by atoms with E-state index in [1.165, 1.54) is 21.8 Å². The highest BCUT2D eigenvalue weighted by molar-refractivity contribution is 7.14. The molecule has 138 valence electrons. The Morgan fingerprint density at radius 1 is 1.32 bits per heavy atom. The van der Waals surface area contributed by atoms with Crippen LogP contribution in [-0.4, -0.2) is 23.9 Å². The van der Waals surface area contributed by atoms with Gasteiger partial charge in [-0.2, -0.15) is 0 Å². The van der Waals surface area contributed by atoms with Crippen molar-refractivity contribution in [3.8, 4) is 0 Å². The molecule has 4 amide bonds. The van der Waals surface area contributed by atoms with Gasteiger partial charge in [0.1, 0.15) is 6.04 Å². The molecule has 0 aromatic carbocycles. The highest BCUT2D eigenvalue weighted by Gasteiger charge is 2.25. The van der Waals surface area contributed by atoms with Gasteiger partial charge in [0.2, 0.25) is 0 Å². The number of hydrazine groups is 1. The molecule has 25 heavy (non-hydrogen) atoms.